The first-order chi connectivity index (χ1) is 15.5. The minimum atomic E-state index is -1.05. The average Bonchev–Trinajstić information content (AvgIpc) is 3.21. The van der Waals surface area contributed by atoms with Gasteiger partial charge in [0.25, 0.3) is 5.91 Å². The van der Waals surface area contributed by atoms with Crippen LogP contribution in [0.2, 0.25) is 0 Å². The van der Waals surface area contributed by atoms with E-state index in [0.29, 0.717) is 11.3 Å². The smallest absolute Gasteiger partial charge is 0.305 e. The number of carbonyl (C=O) groups is 2. The van der Waals surface area contributed by atoms with Crippen molar-refractivity contribution in [2.75, 3.05) is 0 Å². The predicted octanol–water partition coefficient (Wildman–Crippen LogP) is 3.59. The van der Waals surface area contributed by atoms with Gasteiger partial charge in [0.05, 0.1) is 23.8 Å². The van der Waals surface area contributed by atoms with E-state index < -0.39 is 17.9 Å². The second kappa shape index (κ2) is 9.13. The number of rotatable bonds is 7. The van der Waals surface area contributed by atoms with E-state index in [1.54, 1.807) is 42.6 Å². The fourth-order valence-electron chi connectivity index (χ4n) is 3.32. The highest BCUT2D eigenvalue weighted by Crippen LogP contribution is 2.23. The zero-order valence-electron chi connectivity index (χ0n) is 16.9. The monoisotopic (exact) mass is 428 g/mol. The van der Waals surface area contributed by atoms with Gasteiger partial charge in [-0.1, -0.05) is 48.5 Å². The van der Waals surface area contributed by atoms with Crippen molar-refractivity contribution < 1.29 is 19.8 Å². The topological polar surface area (TPSA) is 117 Å². The molecule has 0 radical (unpaired) electrons. The van der Waals surface area contributed by atoms with Gasteiger partial charge in [0, 0.05) is 17.8 Å². The maximum atomic E-state index is 12.8. The summed E-state index contributed by atoms with van der Waals surface area (Å²) in [5.74, 6) is -1.84. The fraction of sp³-hybridized carbons (Fsp3) is 0.0833. The van der Waals surface area contributed by atoms with Crippen molar-refractivity contribution in [1.82, 2.24) is 20.1 Å². The van der Waals surface area contributed by atoms with Crippen LogP contribution in [0.15, 0.2) is 85.1 Å². The first-order valence-electron chi connectivity index (χ1n) is 9.90. The molecule has 160 valence electrons. The number of carbonyl (C=O) groups excluding carboxylic acids is 1. The molecule has 4 aromatic rings. The summed E-state index contributed by atoms with van der Waals surface area (Å²) in [5, 5.41) is 26.4. The number of aromatic nitrogens is 3. The number of pyridine rings is 1. The number of aromatic hydroxyl groups is 1. The Morgan fingerprint density at radius 2 is 1.69 bits per heavy atom. The number of carboxylic acid groups (broad SMARTS) is 1. The van der Waals surface area contributed by atoms with E-state index in [2.05, 4.69) is 15.4 Å². The normalized spacial score (nSPS) is 11.6. The third kappa shape index (κ3) is 4.65. The molecule has 8 nitrogen and oxygen atoms in total. The molecule has 8 heteroatoms. The number of para-hydroxylation sites is 1. The maximum absolute atomic E-state index is 12.8. The van der Waals surface area contributed by atoms with Crippen LogP contribution in [-0.4, -0.2) is 36.9 Å². The fourth-order valence-corrected chi connectivity index (χ4v) is 3.32. The van der Waals surface area contributed by atoms with Crippen LogP contribution in [0.25, 0.3) is 16.9 Å². The lowest BCUT2D eigenvalue weighted by Crippen LogP contribution is -2.30. The molecule has 0 aliphatic carbocycles. The van der Waals surface area contributed by atoms with E-state index in [1.807, 2.05) is 36.4 Å². The van der Waals surface area contributed by atoms with Crippen molar-refractivity contribution in [1.29, 1.82) is 0 Å². The van der Waals surface area contributed by atoms with Gasteiger partial charge in [-0.3, -0.25) is 14.6 Å². The lowest BCUT2D eigenvalue weighted by Gasteiger charge is -2.17. The van der Waals surface area contributed by atoms with Crippen molar-refractivity contribution in [2.45, 2.75) is 12.5 Å². The Labute approximate surface area is 183 Å². The summed E-state index contributed by atoms with van der Waals surface area (Å²) < 4.78 is 1.24. The summed E-state index contributed by atoms with van der Waals surface area (Å²) in [7, 11) is 0. The maximum Gasteiger partial charge on any atom is 0.305 e. The Hall–Kier alpha value is -4.46. The summed E-state index contributed by atoms with van der Waals surface area (Å²) in [6.45, 7) is 0. The first-order valence-corrected chi connectivity index (χ1v) is 9.90. The van der Waals surface area contributed by atoms with Crippen molar-refractivity contribution in [3.8, 4) is 22.8 Å². The number of amides is 1. The van der Waals surface area contributed by atoms with Crippen molar-refractivity contribution in [3.05, 3.63) is 96.3 Å². The molecule has 1 unspecified atom stereocenters. The van der Waals surface area contributed by atoms with Gasteiger partial charge in [0.1, 0.15) is 0 Å². The van der Waals surface area contributed by atoms with Crippen molar-refractivity contribution in [2.24, 2.45) is 0 Å². The van der Waals surface area contributed by atoms with E-state index in [4.69, 9.17) is 0 Å². The SMILES string of the molecule is O=C(O)CC(NC(=O)c1cc(O)n(-c2ccccc2)n1)c1ccc(-c2ccccn2)cc1. The number of carboxylic acids is 1. The Balaban J connectivity index is 1.56. The van der Waals surface area contributed by atoms with Crippen LogP contribution in [0, 0.1) is 0 Å². The van der Waals surface area contributed by atoms with Crippen molar-refractivity contribution >= 4 is 11.9 Å². The van der Waals surface area contributed by atoms with Gasteiger partial charge in [-0.2, -0.15) is 5.10 Å². The average molecular weight is 428 g/mol. The number of nitrogens with one attached hydrogen (secondary N) is 1. The molecule has 2 heterocycles. The zero-order valence-corrected chi connectivity index (χ0v) is 16.9. The molecule has 0 saturated heterocycles. The summed E-state index contributed by atoms with van der Waals surface area (Å²) in [6.07, 6.45) is 1.39. The van der Waals surface area contributed by atoms with Gasteiger partial charge in [-0.05, 0) is 29.8 Å². The van der Waals surface area contributed by atoms with Gasteiger partial charge < -0.3 is 15.5 Å². The molecule has 1 amide bonds. The Kier molecular flexibility index (Phi) is 5.94. The minimum absolute atomic E-state index is 0.0214. The predicted molar refractivity (Wildman–Crippen MR) is 117 cm³/mol. The lowest BCUT2D eigenvalue weighted by molar-refractivity contribution is -0.137. The Bertz CT molecular complexity index is 1220. The highest BCUT2D eigenvalue weighted by Gasteiger charge is 2.22. The number of benzene rings is 2. The third-order valence-electron chi connectivity index (χ3n) is 4.88. The van der Waals surface area contributed by atoms with E-state index >= 15 is 0 Å². The second-order valence-electron chi connectivity index (χ2n) is 7.10. The van der Waals surface area contributed by atoms with Gasteiger partial charge >= 0.3 is 5.97 Å². The van der Waals surface area contributed by atoms with Crippen LogP contribution in [0.4, 0.5) is 0 Å². The first kappa shape index (κ1) is 20.8. The molecule has 0 spiro atoms. The van der Waals surface area contributed by atoms with Crippen LogP contribution >= 0.6 is 0 Å². The summed E-state index contributed by atoms with van der Waals surface area (Å²) in [6, 6.07) is 22.1. The van der Waals surface area contributed by atoms with Crippen LogP contribution in [-0.2, 0) is 4.79 Å². The van der Waals surface area contributed by atoms with E-state index in [0.717, 1.165) is 11.3 Å². The number of hydrogen-bond acceptors (Lipinski definition) is 5. The van der Waals surface area contributed by atoms with E-state index in [1.165, 1.54) is 10.7 Å². The summed E-state index contributed by atoms with van der Waals surface area (Å²) >= 11 is 0. The van der Waals surface area contributed by atoms with Crippen LogP contribution in [0.3, 0.4) is 0 Å². The van der Waals surface area contributed by atoms with Gasteiger partial charge in [0.2, 0.25) is 5.88 Å². The second-order valence-corrected chi connectivity index (χ2v) is 7.10. The highest BCUT2D eigenvalue weighted by molar-refractivity contribution is 5.93. The lowest BCUT2D eigenvalue weighted by atomic mass is 10.0. The number of nitrogens with zero attached hydrogens (tertiary/aromatic N) is 3. The van der Waals surface area contributed by atoms with Crippen LogP contribution in [0.1, 0.15) is 28.5 Å². The van der Waals surface area contributed by atoms with Crippen LogP contribution < -0.4 is 5.32 Å². The zero-order chi connectivity index (χ0) is 22.5. The quantitative estimate of drug-likeness (QED) is 0.414. The molecule has 2 aromatic heterocycles. The molecular formula is C24H20N4O4. The largest absolute Gasteiger partial charge is 0.493 e. The molecule has 2 aromatic carbocycles. The van der Waals surface area contributed by atoms with Crippen LogP contribution in [0.5, 0.6) is 5.88 Å². The summed E-state index contributed by atoms with van der Waals surface area (Å²) in [5.41, 5.74) is 2.87. The molecule has 0 saturated carbocycles. The summed E-state index contributed by atoms with van der Waals surface area (Å²) in [4.78, 5) is 28.5. The molecule has 0 aliphatic rings. The van der Waals surface area contributed by atoms with Gasteiger partial charge in [0.15, 0.2) is 5.69 Å². The molecule has 3 N–H and O–H groups in total. The minimum Gasteiger partial charge on any atom is -0.493 e. The number of aliphatic carboxylic acids is 1. The van der Waals surface area contributed by atoms with E-state index in [9.17, 15) is 19.8 Å². The standard InChI is InChI=1S/C24H20N4O4/c29-22-14-21(27-28(22)18-6-2-1-3-7-18)24(32)26-20(15-23(30)31)17-11-9-16(10-12-17)19-8-4-5-13-25-19/h1-14,20,29H,15H2,(H,26,32)(H,30,31). The molecule has 1 atom stereocenters. The van der Waals surface area contributed by atoms with Crippen molar-refractivity contribution in [3.63, 3.8) is 0 Å². The third-order valence-corrected chi connectivity index (χ3v) is 4.88. The Morgan fingerprint density at radius 3 is 2.34 bits per heavy atom. The molecule has 0 fully saturated rings. The molecule has 4 rings (SSSR count). The highest BCUT2D eigenvalue weighted by atomic mass is 16.4. The van der Waals surface area contributed by atoms with E-state index in [-0.39, 0.29) is 18.0 Å². The van der Waals surface area contributed by atoms with Gasteiger partial charge in [-0.15, -0.1) is 0 Å². The van der Waals surface area contributed by atoms with Gasteiger partial charge in [-0.25, -0.2) is 4.68 Å². The Morgan fingerprint density at radius 1 is 0.969 bits per heavy atom. The molecule has 0 aliphatic heterocycles. The molecule has 0 bridgehead atoms. The molecular weight excluding hydrogens is 408 g/mol. The molecule has 32 heavy (non-hydrogen) atoms. The number of hydrogen-bond donors (Lipinski definition) is 3.